The van der Waals surface area contributed by atoms with Crippen LogP contribution < -0.4 is 0 Å². The molecule has 3 nitrogen and oxygen atoms in total. The molecule has 0 atom stereocenters. The predicted molar refractivity (Wildman–Crippen MR) is 202 cm³/mol. The van der Waals surface area contributed by atoms with Crippen LogP contribution in [0, 0.1) is 0 Å². The van der Waals surface area contributed by atoms with E-state index in [4.69, 9.17) is 14.4 Å². The molecule has 0 saturated heterocycles. The fourth-order valence-electron chi connectivity index (χ4n) is 6.57. The zero-order valence-electron chi connectivity index (χ0n) is 26.6. The van der Waals surface area contributed by atoms with Crippen LogP contribution in [0.15, 0.2) is 186 Å². The van der Waals surface area contributed by atoms with Crippen molar-refractivity contribution in [2.45, 2.75) is 0 Å². The monoisotopic (exact) mass is 626 g/mol. The molecule has 0 saturated carbocycles. The Morgan fingerprint density at radius 3 is 1.24 bits per heavy atom. The molecule has 2 aromatic heterocycles. The molecule has 0 bridgehead atoms. The van der Waals surface area contributed by atoms with Crippen LogP contribution in [0.1, 0.15) is 0 Å². The van der Waals surface area contributed by atoms with Gasteiger partial charge in [0.05, 0.1) is 11.4 Å². The highest BCUT2D eigenvalue weighted by atomic mass is 16.3. The summed E-state index contributed by atoms with van der Waals surface area (Å²) in [6, 6.07) is 63.3. The van der Waals surface area contributed by atoms with Gasteiger partial charge in [0.25, 0.3) is 0 Å². The van der Waals surface area contributed by atoms with Gasteiger partial charge in [-0.2, -0.15) is 0 Å². The van der Waals surface area contributed by atoms with Crippen LogP contribution >= 0.6 is 0 Å². The molecule has 0 aliphatic heterocycles. The minimum atomic E-state index is 0.696. The van der Waals surface area contributed by atoms with Gasteiger partial charge in [0.2, 0.25) is 0 Å². The van der Waals surface area contributed by atoms with Crippen LogP contribution in [-0.2, 0) is 0 Å². The summed E-state index contributed by atoms with van der Waals surface area (Å²) in [5.41, 5.74) is 13.3. The minimum Gasteiger partial charge on any atom is -0.456 e. The molecule has 0 spiro atoms. The largest absolute Gasteiger partial charge is 0.456 e. The molecule has 9 rings (SSSR count). The second kappa shape index (κ2) is 12.2. The molecule has 0 aliphatic carbocycles. The van der Waals surface area contributed by atoms with E-state index in [1.165, 1.54) is 5.56 Å². The first-order valence-electron chi connectivity index (χ1n) is 16.5. The van der Waals surface area contributed by atoms with Crippen molar-refractivity contribution in [1.29, 1.82) is 0 Å². The third-order valence-corrected chi connectivity index (χ3v) is 9.08. The molecule has 0 amide bonds. The van der Waals surface area contributed by atoms with Crippen molar-refractivity contribution < 1.29 is 4.42 Å². The third kappa shape index (κ3) is 5.58. The van der Waals surface area contributed by atoms with Gasteiger partial charge in [-0.1, -0.05) is 133 Å². The summed E-state index contributed by atoms with van der Waals surface area (Å²) in [5.74, 6) is 0.696. The van der Waals surface area contributed by atoms with E-state index < -0.39 is 0 Å². The van der Waals surface area contributed by atoms with Crippen LogP contribution in [0.5, 0.6) is 0 Å². The van der Waals surface area contributed by atoms with Crippen LogP contribution in [0.2, 0.25) is 0 Å². The lowest BCUT2D eigenvalue weighted by atomic mass is 9.94. The Hall–Kier alpha value is -6.58. The smallest absolute Gasteiger partial charge is 0.160 e. The number of hydrogen-bond acceptors (Lipinski definition) is 3. The number of rotatable bonds is 6. The Kier molecular flexibility index (Phi) is 7.14. The molecule has 49 heavy (non-hydrogen) atoms. The van der Waals surface area contributed by atoms with E-state index in [-0.39, 0.29) is 0 Å². The summed E-state index contributed by atoms with van der Waals surface area (Å²) in [5, 5.41) is 2.22. The molecular formula is C46H30N2O. The molecule has 3 heteroatoms. The Labute approximate surface area is 284 Å². The fraction of sp³-hybridized carbons (Fsp3) is 0. The Morgan fingerprint density at radius 1 is 0.286 bits per heavy atom. The maximum absolute atomic E-state index is 6.52. The highest BCUT2D eigenvalue weighted by Gasteiger charge is 2.15. The highest BCUT2D eigenvalue weighted by molar-refractivity contribution is 6.07. The van der Waals surface area contributed by atoms with E-state index in [2.05, 4.69) is 140 Å². The number of hydrogen-bond donors (Lipinski definition) is 0. The standard InChI is InChI=1S/C46H30N2O/c1-5-13-31(14-6-1)35-21-23-40-41-24-22-36(29-45(41)49-44(40)28-35)38-25-37(32-15-7-2-8-16-32)26-39(27-38)43-30-42(33-17-9-3-10-18-33)47-46(48-43)34-19-11-4-12-20-34/h1-30H. The van der Waals surface area contributed by atoms with E-state index in [1.807, 2.05) is 42.5 Å². The summed E-state index contributed by atoms with van der Waals surface area (Å²) < 4.78 is 6.52. The molecule has 0 N–H and O–H groups in total. The average Bonchev–Trinajstić information content (AvgIpc) is 3.56. The van der Waals surface area contributed by atoms with Gasteiger partial charge in [-0.25, -0.2) is 9.97 Å². The lowest BCUT2D eigenvalue weighted by Gasteiger charge is -2.13. The number of aromatic nitrogens is 2. The first-order chi connectivity index (χ1) is 24.2. The molecule has 0 fully saturated rings. The van der Waals surface area contributed by atoms with E-state index in [1.54, 1.807) is 0 Å². The maximum Gasteiger partial charge on any atom is 0.160 e. The van der Waals surface area contributed by atoms with Gasteiger partial charge in [0.1, 0.15) is 11.2 Å². The second-order valence-corrected chi connectivity index (χ2v) is 12.2. The van der Waals surface area contributed by atoms with Gasteiger partial charge in [0.15, 0.2) is 5.82 Å². The van der Waals surface area contributed by atoms with Crippen molar-refractivity contribution >= 4 is 21.9 Å². The third-order valence-electron chi connectivity index (χ3n) is 9.08. The Balaban J connectivity index is 1.21. The molecule has 0 radical (unpaired) electrons. The van der Waals surface area contributed by atoms with Gasteiger partial charge < -0.3 is 4.42 Å². The first-order valence-corrected chi connectivity index (χ1v) is 16.5. The quantitative estimate of drug-likeness (QED) is 0.184. The summed E-state index contributed by atoms with van der Waals surface area (Å²) in [7, 11) is 0. The molecule has 7 aromatic carbocycles. The van der Waals surface area contributed by atoms with Crippen LogP contribution in [-0.4, -0.2) is 9.97 Å². The van der Waals surface area contributed by atoms with E-state index in [9.17, 15) is 0 Å². The molecule has 230 valence electrons. The summed E-state index contributed by atoms with van der Waals surface area (Å²) in [4.78, 5) is 10.2. The maximum atomic E-state index is 6.52. The van der Waals surface area contributed by atoms with Gasteiger partial charge in [-0.3, -0.25) is 0 Å². The average molecular weight is 627 g/mol. The molecule has 0 unspecified atom stereocenters. The summed E-state index contributed by atoms with van der Waals surface area (Å²) in [6.07, 6.45) is 0. The minimum absolute atomic E-state index is 0.696. The number of benzene rings is 7. The topological polar surface area (TPSA) is 38.9 Å². The lowest BCUT2D eigenvalue weighted by Crippen LogP contribution is -1.96. The second-order valence-electron chi connectivity index (χ2n) is 12.2. The lowest BCUT2D eigenvalue weighted by molar-refractivity contribution is 0.669. The van der Waals surface area contributed by atoms with Crippen molar-refractivity contribution in [3.8, 4) is 67.3 Å². The van der Waals surface area contributed by atoms with Gasteiger partial charge >= 0.3 is 0 Å². The fourth-order valence-corrected chi connectivity index (χ4v) is 6.57. The zero-order valence-corrected chi connectivity index (χ0v) is 26.6. The SMILES string of the molecule is c1ccc(-c2cc(-c3ccc4c(c3)oc3cc(-c5ccccc5)ccc34)cc(-c3cc(-c4ccccc4)nc(-c4ccccc4)n3)c2)cc1. The summed E-state index contributed by atoms with van der Waals surface area (Å²) in [6.45, 7) is 0. The summed E-state index contributed by atoms with van der Waals surface area (Å²) >= 11 is 0. The molecule has 0 aliphatic rings. The van der Waals surface area contributed by atoms with Gasteiger partial charge in [0, 0.05) is 27.5 Å². The van der Waals surface area contributed by atoms with Crippen molar-refractivity contribution in [2.24, 2.45) is 0 Å². The molecule has 2 heterocycles. The van der Waals surface area contributed by atoms with Crippen molar-refractivity contribution in [3.63, 3.8) is 0 Å². The van der Waals surface area contributed by atoms with Crippen molar-refractivity contribution in [2.75, 3.05) is 0 Å². The van der Waals surface area contributed by atoms with E-state index in [0.29, 0.717) is 5.82 Å². The first kappa shape index (κ1) is 28.6. The molecular weight excluding hydrogens is 597 g/mol. The predicted octanol–water partition coefficient (Wildman–Crippen LogP) is 12.4. The number of furan rings is 1. The number of nitrogens with zero attached hydrogens (tertiary/aromatic N) is 2. The van der Waals surface area contributed by atoms with Crippen LogP contribution in [0.3, 0.4) is 0 Å². The van der Waals surface area contributed by atoms with Crippen LogP contribution in [0.25, 0.3) is 89.2 Å². The van der Waals surface area contributed by atoms with Crippen LogP contribution in [0.4, 0.5) is 0 Å². The Morgan fingerprint density at radius 2 is 0.694 bits per heavy atom. The zero-order chi connectivity index (χ0) is 32.6. The van der Waals surface area contributed by atoms with E-state index >= 15 is 0 Å². The van der Waals surface area contributed by atoms with Gasteiger partial charge in [-0.05, 0) is 81.9 Å². The molecule has 9 aromatic rings. The Bertz CT molecular complexity index is 2520. The van der Waals surface area contributed by atoms with E-state index in [0.717, 1.165) is 77.8 Å². The van der Waals surface area contributed by atoms with Gasteiger partial charge in [-0.15, -0.1) is 0 Å². The van der Waals surface area contributed by atoms with Crippen molar-refractivity contribution in [3.05, 3.63) is 182 Å². The normalized spacial score (nSPS) is 11.3. The van der Waals surface area contributed by atoms with Crippen molar-refractivity contribution in [1.82, 2.24) is 9.97 Å². The highest BCUT2D eigenvalue weighted by Crippen LogP contribution is 2.38. The number of fused-ring (bicyclic) bond motifs is 3.